The minimum absolute atomic E-state index is 0.174. The maximum Gasteiger partial charge on any atom is 0.404 e. The maximum absolute atomic E-state index is 12.1. The van der Waals surface area contributed by atoms with Crippen molar-refractivity contribution >= 4 is 47.1 Å². The molecule has 0 saturated carbocycles. The van der Waals surface area contributed by atoms with E-state index in [0.717, 1.165) is 0 Å². The van der Waals surface area contributed by atoms with Crippen LogP contribution in [-0.4, -0.2) is 30.6 Å². The van der Waals surface area contributed by atoms with Gasteiger partial charge in [-0.05, 0) is 31.6 Å². The van der Waals surface area contributed by atoms with Gasteiger partial charge in [0.1, 0.15) is 5.57 Å². The van der Waals surface area contributed by atoms with Gasteiger partial charge in [0.2, 0.25) is 5.78 Å². The Morgan fingerprint density at radius 2 is 1.91 bits per heavy atom. The van der Waals surface area contributed by atoms with Crippen molar-refractivity contribution in [2.45, 2.75) is 20.0 Å². The van der Waals surface area contributed by atoms with Gasteiger partial charge in [0.25, 0.3) is 0 Å². The number of ketones is 1. The van der Waals surface area contributed by atoms with Gasteiger partial charge < -0.3 is 15.2 Å². The van der Waals surface area contributed by atoms with E-state index in [0.29, 0.717) is 5.56 Å². The van der Waals surface area contributed by atoms with Crippen LogP contribution < -0.4 is 5.73 Å². The van der Waals surface area contributed by atoms with E-state index in [1.54, 1.807) is 32.0 Å². The molecule has 1 aromatic rings. The first-order valence-electron chi connectivity index (χ1n) is 6.54. The number of benzene rings is 1. The molecule has 23 heavy (non-hydrogen) atoms. The van der Waals surface area contributed by atoms with E-state index in [-0.39, 0.29) is 15.6 Å². The fourth-order valence-corrected chi connectivity index (χ4v) is 1.90. The predicted octanol–water partition coefficient (Wildman–Crippen LogP) is 2.99. The maximum atomic E-state index is 12.1. The highest BCUT2D eigenvalue weighted by atomic mass is 35.5. The Morgan fingerprint density at radius 1 is 1.26 bits per heavy atom. The molecule has 0 saturated heterocycles. The number of amides is 1. The summed E-state index contributed by atoms with van der Waals surface area (Å²) >= 11 is 11.9. The van der Waals surface area contributed by atoms with Gasteiger partial charge in [-0.15, -0.1) is 0 Å². The van der Waals surface area contributed by atoms with Crippen LogP contribution in [0.3, 0.4) is 0 Å². The van der Waals surface area contributed by atoms with Crippen molar-refractivity contribution in [2.75, 3.05) is 6.61 Å². The number of nitrogens with two attached hydrogens (primary N) is 1. The fourth-order valence-electron chi connectivity index (χ4n) is 1.53. The lowest BCUT2D eigenvalue weighted by Gasteiger charge is -2.11. The van der Waals surface area contributed by atoms with E-state index in [2.05, 4.69) is 4.74 Å². The molecule has 0 aromatic heterocycles. The highest BCUT2D eigenvalue weighted by Gasteiger charge is 2.22. The summed E-state index contributed by atoms with van der Waals surface area (Å²) in [6, 6.07) is 4.74. The molecule has 8 heteroatoms. The van der Waals surface area contributed by atoms with Crippen molar-refractivity contribution in [3.8, 4) is 0 Å². The number of carbonyl (C=O) groups is 3. The molecule has 0 fully saturated rings. The van der Waals surface area contributed by atoms with Gasteiger partial charge >= 0.3 is 12.1 Å². The van der Waals surface area contributed by atoms with Gasteiger partial charge in [0.15, 0.2) is 6.61 Å². The molecular weight excluding hydrogens is 345 g/mol. The quantitative estimate of drug-likeness (QED) is 0.364. The second kappa shape index (κ2) is 8.55. The lowest BCUT2D eigenvalue weighted by Crippen LogP contribution is -2.25. The fraction of sp³-hybridized carbons (Fsp3) is 0.267. The second-order valence-corrected chi connectivity index (χ2v) is 5.47. The van der Waals surface area contributed by atoms with Crippen molar-refractivity contribution in [1.29, 1.82) is 0 Å². The molecule has 0 spiro atoms. The third-order valence-corrected chi connectivity index (χ3v) is 3.32. The minimum atomic E-state index is -1.13. The van der Waals surface area contributed by atoms with Crippen molar-refractivity contribution in [3.05, 3.63) is 39.4 Å². The van der Waals surface area contributed by atoms with Gasteiger partial charge in [-0.1, -0.05) is 35.3 Å². The number of hydrogen-bond acceptors (Lipinski definition) is 5. The smallest absolute Gasteiger partial charge is 0.404 e. The predicted molar refractivity (Wildman–Crippen MR) is 86.2 cm³/mol. The van der Waals surface area contributed by atoms with Crippen molar-refractivity contribution in [2.24, 2.45) is 5.73 Å². The molecule has 0 heterocycles. The molecule has 1 aromatic carbocycles. The lowest BCUT2D eigenvalue weighted by molar-refractivity contribution is -0.144. The van der Waals surface area contributed by atoms with E-state index >= 15 is 0 Å². The largest absolute Gasteiger partial charge is 0.459 e. The molecule has 0 unspecified atom stereocenters. The van der Waals surface area contributed by atoms with Crippen LogP contribution in [0, 0.1) is 0 Å². The number of rotatable bonds is 6. The van der Waals surface area contributed by atoms with Crippen LogP contribution in [0.25, 0.3) is 6.08 Å². The van der Waals surface area contributed by atoms with Crippen LogP contribution in [0.5, 0.6) is 0 Å². The molecule has 1 rings (SSSR count). The van der Waals surface area contributed by atoms with Crippen LogP contribution in [0.4, 0.5) is 4.79 Å². The average molecular weight is 360 g/mol. The highest BCUT2D eigenvalue weighted by Crippen LogP contribution is 2.27. The summed E-state index contributed by atoms with van der Waals surface area (Å²) in [7, 11) is 0. The Morgan fingerprint density at radius 3 is 2.48 bits per heavy atom. The van der Waals surface area contributed by atoms with Crippen LogP contribution in [0.15, 0.2) is 23.8 Å². The molecule has 0 bridgehead atoms. The van der Waals surface area contributed by atoms with Crippen LogP contribution in [0.2, 0.25) is 10.0 Å². The summed E-state index contributed by atoms with van der Waals surface area (Å²) in [5.74, 6) is -1.64. The summed E-state index contributed by atoms with van der Waals surface area (Å²) in [5.41, 5.74) is 4.83. The topological polar surface area (TPSA) is 95.7 Å². The standard InChI is InChI=1S/C15H15Cl2NO5/c1-8(2)23-14(20)10(12(19)7-22-15(18)21)6-9-4-3-5-11(16)13(9)17/h3-6,8H,7H2,1-2H3,(H2,18,21). The molecule has 0 atom stereocenters. The summed E-state index contributed by atoms with van der Waals surface area (Å²) in [6.45, 7) is 2.57. The minimum Gasteiger partial charge on any atom is -0.459 e. The Kier molecular flexibility index (Phi) is 7.06. The Hall–Kier alpha value is -2.05. The number of Topliss-reactive ketones (excluding diaryl/α,β-unsaturated/α-hetero) is 1. The number of ether oxygens (including phenoxy) is 2. The van der Waals surface area contributed by atoms with E-state index in [4.69, 9.17) is 33.7 Å². The number of hydrogen-bond donors (Lipinski definition) is 1. The van der Waals surface area contributed by atoms with E-state index in [1.807, 2.05) is 0 Å². The number of esters is 1. The molecule has 0 aliphatic carbocycles. The molecule has 0 radical (unpaired) electrons. The van der Waals surface area contributed by atoms with Crippen LogP contribution in [-0.2, 0) is 19.1 Å². The van der Waals surface area contributed by atoms with Gasteiger partial charge in [0.05, 0.1) is 16.1 Å². The zero-order valence-electron chi connectivity index (χ0n) is 12.5. The second-order valence-electron chi connectivity index (χ2n) is 4.69. The third-order valence-electron chi connectivity index (χ3n) is 2.49. The Bertz CT molecular complexity index is 655. The Labute approximate surface area is 143 Å². The molecule has 124 valence electrons. The molecule has 6 nitrogen and oxygen atoms in total. The van der Waals surface area contributed by atoms with Crippen LogP contribution in [0.1, 0.15) is 19.4 Å². The molecular formula is C15H15Cl2NO5. The van der Waals surface area contributed by atoms with Gasteiger partial charge in [-0.2, -0.15) is 0 Å². The van der Waals surface area contributed by atoms with Crippen LogP contribution >= 0.6 is 23.2 Å². The highest BCUT2D eigenvalue weighted by molar-refractivity contribution is 6.43. The summed E-state index contributed by atoms with van der Waals surface area (Å²) in [5, 5.41) is 0.436. The summed E-state index contributed by atoms with van der Waals surface area (Å²) in [4.78, 5) is 34.8. The summed E-state index contributed by atoms with van der Waals surface area (Å²) < 4.78 is 9.42. The van der Waals surface area contributed by atoms with Gasteiger partial charge in [-0.25, -0.2) is 9.59 Å². The number of carbonyl (C=O) groups excluding carboxylic acids is 3. The summed E-state index contributed by atoms with van der Waals surface area (Å²) in [6.07, 6.45) is -0.340. The van der Waals surface area contributed by atoms with E-state index in [1.165, 1.54) is 6.08 Å². The molecule has 0 aliphatic heterocycles. The first-order valence-corrected chi connectivity index (χ1v) is 7.30. The third kappa shape index (κ3) is 5.92. The monoisotopic (exact) mass is 359 g/mol. The van der Waals surface area contributed by atoms with Gasteiger partial charge in [-0.3, -0.25) is 4.79 Å². The van der Waals surface area contributed by atoms with Crippen molar-refractivity contribution in [1.82, 2.24) is 0 Å². The molecule has 1 amide bonds. The number of primary amides is 1. The molecule has 2 N–H and O–H groups in total. The van der Waals surface area contributed by atoms with Crippen molar-refractivity contribution < 1.29 is 23.9 Å². The van der Waals surface area contributed by atoms with Crippen molar-refractivity contribution in [3.63, 3.8) is 0 Å². The van der Waals surface area contributed by atoms with E-state index < -0.39 is 30.6 Å². The van der Waals surface area contributed by atoms with E-state index in [9.17, 15) is 14.4 Å². The SMILES string of the molecule is CC(C)OC(=O)C(=Cc1cccc(Cl)c1Cl)C(=O)COC(N)=O. The first-order chi connectivity index (χ1) is 10.7. The first kappa shape index (κ1) is 19.0. The zero-order chi connectivity index (χ0) is 17.6. The zero-order valence-corrected chi connectivity index (χ0v) is 14.0. The Balaban J connectivity index is 3.19. The normalized spacial score (nSPS) is 11.3. The molecule has 0 aliphatic rings. The van der Waals surface area contributed by atoms with Gasteiger partial charge in [0, 0.05) is 0 Å². The number of halogens is 2. The average Bonchev–Trinajstić information content (AvgIpc) is 2.45. The lowest BCUT2D eigenvalue weighted by atomic mass is 10.1.